The van der Waals surface area contributed by atoms with Crippen LogP contribution in [-0.2, 0) is 6.54 Å². The molecular formula is C16H19FN2O. The maximum atomic E-state index is 12.9. The number of rotatable bonds is 5. The fourth-order valence-corrected chi connectivity index (χ4v) is 1.87. The van der Waals surface area contributed by atoms with E-state index in [0.29, 0.717) is 23.8 Å². The van der Waals surface area contributed by atoms with Crippen LogP contribution >= 0.6 is 0 Å². The normalized spacial score (nSPS) is 12.3. The molecule has 0 spiro atoms. The highest BCUT2D eigenvalue weighted by Crippen LogP contribution is 2.16. The van der Waals surface area contributed by atoms with Gasteiger partial charge in [-0.2, -0.15) is 0 Å². The molecule has 1 unspecified atom stereocenters. The molecule has 0 aliphatic rings. The zero-order valence-corrected chi connectivity index (χ0v) is 11.7. The summed E-state index contributed by atoms with van der Waals surface area (Å²) in [6, 6.07) is 10.1. The Labute approximate surface area is 117 Å². The summed E-state index contributed by atoms with van der Waals surface area (Å²) in [6.07, 6.45) is 1.02. The Morgan fingerprint density at radius 1 is 1.20 bits per heavy atom. The van der Waals surface area contributed by atoms with Crippen LogP contribution < -0.4 is 10.9 Å². The Kier molecular flexibility index (Phi) is 4.69. The van der Waals surface area contributed by atoms with Crippen molar-refractivity contribution in [1.29, 1.82) is 0 Å². The molecule has 2 N–H and O–H groups in total. The summed E-state index contributed by atoms with van der Waals surface area (Å²) in [6.45, 7) is 4.73. The van der Waals surface area contributed by atoms with Crippen LogP contribution in [0.5, 0.6) is 0 Å². The number of aromatic nitrogens is 1. The third kappa shape index (κ3) is 3.54. The highest BCUT2D eigenvalue weighted by atomic mass is 19.1. The molecular weight excluding hydrogens is 255 g/mol. The molecule has 1 aromatic carbocycles. The van der Waals surface area contributed by atoms with Gasteiger partial charge in [-0.25, -0.2) is 4.39 Å². The van der Waals surface area contributed by atoms with Crippen LogP contribution in [0.25, 0.3) is 11.3 Å². The lowest BCUT2D eigenvalue weighted by Crippen LogP contribution is -2.28. The summed E-state index contributed by atoms with van der Waals surface area (Å²) >= 11 is 0. The number of hydrogen-bond donors (Lipinski definition) is 2. The molecule has 0 saturated heterocycles. The second kappa shape index (κ2) is 6.48. The Morgan fingerprint density at radius 2 is 1.90 bits per heavy atom. The van der Waals surface area contributed by atoms with Crippen LogP contribution in [0.4, 0.5) is 4.39 Å². The van der Waals surface area contributed by atoms with Gasteiger partial charge in [0.1, 0.15) is 5.82 Å². The lowest BCUT2D eigenvalue weighted by atomic mass is 10.1. The van der Waals surface area contributed by atoms with E-state index in [1.807, 2.05) is 12.1 Å². The van der Waals surface area contributed by atoms with Crippen molar-refractivity contribution in [2.75, 3.05) is 0 Å². The average Bonchev–Trinajstić information content (AvgIpc) is 2.46. The molecule has 0 bridgehead atoms. The summed E-state index contributed by atoms with van der Waals surface area (Å²) < 4.78 is 12.9. The second-order valence-electron chi connectivity index (χ2n) is 4.92. The minimum absolute atomic E-state index is 0.109. The van der Waals surface area contributed by atoms with E-state index in [-0.39, 0.29) is 11.4 Å². The molecule has 4 heteroatoms. The SMILES string of the molecule is CCC(C)NCc1ccc(-c2ccc(F)cc2)[nH]c1=O. The minimum Gasteiger partial charge on any atom is -0.322 e. The fourth-order valence-electron chi connectivity index (χ4n) is 1.87. The fraction of sp³-hybridized carbons (Fsp3) is 0.312. The predicted octanol–water partition coefficient (Wildman–Crippen LogP) is 3.07. The molecule has 3 nitrogen and oxygen atoms in total. The second-order valence-corrected chi connectivity index (χ2v) is 4.92. The maximum absolute atomic E-state index is 12.9. The standard InChI is InChI=1S/C16H19FN2O/c1-3-11(2)18-10-13-6-9-15(19-16(13)20)12-4-7-14(17)8-5-12/h4-9,11,18H,3,10H2,1-2H3,(H,19,20). The summed E-state index contributed by atoms with van der Waals surface area (Å²) in [5.74, 6) is -0.287. The van der Waals surface area contributed by atoms with Gasteiger partial charge in [0.25, 0.3) is 5.56 Å². The van der Waals surface area contributed by atoms with E-state index < -0.39 is 0 Å². The van der Waals surface area contributed by atoms with Crippen LogP contribution in [0.15, 0.2) is 41.2 Å². The third-order valence-corrected chi connectivity index (χ3v) is 3.40. The first kappa shape index (κ1) is 14.5. The van der Waals surface area contributed by atoms with Crippen molar-refractivity contribution in [3.63, 3.8) is 0 Å². The Morgan fingerprint density at radius 3 is 2.50 bits per heavy atom. The number of H-pyrrole nitrogens is 1. The zero-order chi connectivity index (χ0) is 14.5. The molecule has 20 heavy (non-hydrogen) atoms. The highest BCUT2D eigenvalue weighted by molar-refractivity contribution is 5.58. The lowest BCUT2D eigenvalue weighted by molar-refractivity contribution is 0.532. The molecule has 2 aromatic rings. The molecule has 1 atom stereocenters. The largest absolute Gasteiger partial charge is 0.322 e. The van der Waals surface area contributed by atoms with E-state index in [0.717, 1.165) is 12.0 Å². The quantitative estimate of drug-likeness (QED) is 0.880. The molecule has 0 saturated carbocycles. The van der Waals surface area contributed by atoms with E-state index in [2.05, 4.69) is 24.1 Å². The van der Waals surface area contributed by atoms with Gasteiger partial charge in [-0.1, -0.05) is 13.0 Å². The summed E-state index contributed by atoms with van der Waals surface area (Å²) in [7, 11) is 0. The van der Waals surface area contributed by atoms with Crippen molar-refractivity contribution >= 4 is 0 Å². The summed E-state index contributed by atoms with van der Waals surface area (Å²) in [4.78, 5) is 14.8. The van der Waals surface area contributed by atoms with Crippen molar-refractivity contribution in [2.24, 2.45) is 0 Å². The van der Waals surface area contributed by atoms with Gasteiger partial charge in [0.05, 0.1) is 0 Å². The molecule has 0 aliphatic heterocycles. The first-order valence-corrected chi connectivity index (χ1v) is 6.81. The van der Waals surface area contributed by atoms with Gasteiger partial charge < -0.3 is 10.3 Å². The Bertz CT molecular complexity index is 619. The topological polar surface area (TPSA) is 44.9 Å². The average molecular weight is 274 g/mol. The van der Waals surface area contributed by atoms with Crippen LogP contribution in [0.3, 0.4) is 0 Å². The summed E-state index contributed by atoms with van der Waals surface area (Å²) in [5, 5.41) is 3.29. The van der Waals surface area contributed by atoms with Crippen LogP contribution in [-0.4, -0.2) is 11.0 Å². The number of hydrogen-bond acceptors (Lipinski definition) is 2. The molecule has 0 amide bonds. The summed E-state index contributed by atoms with van der Waals surface area (Å²) in [5.41, 5.74) is 2.09. The molecule has 2 rings (SSSR count). The molecule has 0 fully saturated rings. The van der Waals surface area contributed by atoms with E-state index in [1.54, 1.807) is 12.1 Å². The van der Waals surface area contributed by atoms with Crippen LogP contribution in [0.2, 0.25) is 0 Å². The van der Waals surface area contributed by atoms with E-state index in [1.165, 1.54) is 12.1 Å². The predicted molar refractivity (Wildman–Crippen MR) is 79.0 cm³/mol. The van der Waals surface area contributed by atoms with Crippen molar-refractivity contribution in [3.05, 3.63) is 58.1 Å². The third-order valence-electron chi connectivity index (χ3n) is 3.40. The number of pyridine rings is 1. The van der Waals surface area contributed by atoms with Crippen molar-refractivity contribution < 1.29 is 4.39 Å². The van der Waals surface area contributed by atoms with Crippen molar-refractivity contribution in [3.8, 4) is 11.3 Å². The Balaban J connectivity index is 2.17. The molecule has 1 aromatic heterocycles. The van der Waals surface area contributed by atoms with E-state index in [4.69, 9.17) is 0 Å². The van der Waals surface area contributed by atoms with Crippen LogP contribution in [0, 0.1) is 5.82 Å². The van der Waals surface area contributed by atoms with Gasteiger partial charge in [-0.3, -0.25) is 4.79 Å². The number of aromatic amines is 1. The maximum Gasteiger partial charge on any atom is 0.252 e. The molecule has 0 radical (unpaired) electrons. The van der Waals surface area contributed by atoms with Crippen LogP contribution in [0.1, 0.15) is 25.8 Å². The zero-order valence-electron chi connectivity index (χ0n) is 11.7. The molecule has 1 heterocycles. The number of halogens is 1. The smallest absolute Gasteiger partial charge is 0.252 e. The van der Waals surface area contributed by atoms with Gasteiger partial charge in [0, 0.05) is 23.8 Å². The van der Waals surface area contributed by atoms with E-state index in [9.17, 15) is 9.18 Å². The molecule has 106 valence electrons. The van der Waals surface area contributed by atoms with Crippen molar-refractivity contribution in [1.82, 2.24) is 10.3 Å². The van der Waals surface area contributed by atoms with Gasteiger partial charge in [0.15, 0.2) is 0 Å². The van der Waals surface area contributed by atoms with E-state index >= 15 is 0 Å². The van der Waals surface area contributed by atoms with Gasteiger partial charge >= 0.3 is 0 Å². The highest BCUT2D eigenvalue weighted by Gasteiger charge is 2.05. The Hall–Kier alpha value is -1.94. The number of benzene rings is 1. The van der Waals surface area contributed by atoms with Gasteiger partial charge in [-0.15, -0.1) is 0 Å². The monoisotopic (exact) mass is 274 g/mol. The first-order valence-electron chi connectivity index (χ1n) is 6.81. The number of nitrogens with one attached hydrogen (secondary N) is 2. The van der Waals surface area contributed by atoms with Crippen molar-refractivity contribution in [2.45, 2.75) is 32.9 Å². The van der Waals surface area contributed by atoms with Gasteiger partial charge in [-0.05, 0) is 49.2 Å². The van der Waals surface area contributed by atoms with Gasteiger partial charge in [0.2, 0.25) is 0 Å². The molecule has 0 aliphatic carbocycles. The lowest BCUT2D eigenvalue weighted by Gasteiger charge is -2.11. The minimum atomic E-state index is -0.287. The first-order chi connectivity index (χ1) is 9.60.